The Kier molecular flexibility index (Phi) is 3.87. The fourth-order valence-electron chi connectivity index (χ4n) is 3.45. The average molecular weight is 287 g/mol. The van der Waals surface area contributed by atoms with Gasteiger partial charge in [0.15, 0.2) is 5.82 Å². The van der Waals surface area contributed by atoms with E-state index in [4.69, 9.17) is 10.7 Å². The summed E-state index contributed by atoms with van der Waals surface area (Å²) in [5.41, 5.74) is 8.06. The molecule has 2 atom stereocenters. The van der Waals surface area contributed by atoms with Crippen LogP contribution in [0.3, 0.4) is 0 Å². The van der Waals surface area contributed by atoms with Crippen LogP contribution in [-0.4, -0.2) is 54.1 Å². The minimum absolute atomic E-state index is 0.584. The van der Waals surface area contributed by atoms with E-state index in [-0.39, 0.29) is 0 Å². The van der Waals surface area contributed by atoms with E-state index in [2.05, 4.69) is 47.5 Å². The van der Waals surface area contributed by atoms with Gasteiger partial charge >= 0.3 is 0 Å². The van der Waals surface area contributed by atoms with Crippen LogP contribution < -0.4 is 10.6 Å². The Morgan fingerprint density at radius 2 is 2.14 bits per heavy atom. The van der Waals surface area contributed by atoms with Gasteiger partial charge in [0.1, 0.15) is 5.65 Å². The molecule has 0 amide bonds. The Morgan fingerprint density at radius 3 is 2.81 bits per heavy atom. The number of hydrogen-bond donors (Lipinski definition) is 1. The highest BCUT2D eigenvalue weighted by Gasteiger charge is 2.33. The maximum atomic E-state index is 5.81. The number of aromatic nitrogens is 2. The van der Waals surface area contributed by atoms with Gasteiger partial charge in [0.25, 0.3) is 0 Å². The van der Waals surface area contributed by atoms with Gasteiger partial charge in [-0.05, 0) is 38.7 Å². The van der Waals surface area contributed by atoms with Gasteiger partial charge in [-0.15, -0.1) is 0 Å². The third kappa shape index (κ3) is 2.51. The van der Waals surface area contributed by atoms with E-state index in [1.54, 1.807) is 0 Å². The predicted octanol–water partition coefficient (Wildman–Crippen LogP) is 1.22. The molecule has 0 bridgehead atoms. The molecule has 0 aromatic carbocycles. The van der Waals surface area contributed by atoms with Gasteiger partial charge in [-0.2, -0.15) is 0 Å². The first-order valence-electron chi connectivity index (χ1n) is 7.69. The summed E-state index contributed by atoms with van der Waals surface area (Å²) in [5, 5.41) is 0. The van der Waals surface area contributed by atoms with Crippen LogP contribution >= 0.6 is 0 Å². The van der Waals surface area contributed by atoms with Crippen molar-refractivity contribution in [1.29, 1.82) is 0 Å². The van der Waals surface area contributed by atoms with Crippen LogP contribution in [0.2, 0.25) is 0 Å². The molecule has 2 aromatic rings. The normalized spacial score (nSPS) is 22.6. The molecule has 5 heteroatoms. The minimum atomic E-state index is 0.584. The quantitative estimate of drug-likeness (QED) is 0.919. The van der Waals surface area contributed by atoms with Crippen molar-refractivity contribution in [2.75, 3.05) is 38.6 Å². The number of likely N-dealkylation sites (N-methyl/N-ethyl adjacent to an activating group) is 1. The number of fused-ring (bicyclic) bond motifs is 1. The number of anilines is 1. The van der Waals surface area contributed by atoms with Gasteiger partial charge in [-0.3, -0.25) is 0 Å². The van der Waals surface area contributed by atoms with Crippen molar-refractivity contribution in [1.82, 2.24) is 14.3 Å². The lowest BCUT2D eigenvalue weighted by Gasteiger charge is -2.22. The Balaban J connectivity index is 1.98. The molecule has 0 aliphatic carbocycles. The van der Waals surface area contributed by atoms with Crippen LogP contribution in [0.25, 0.3) is 5.65 Å². The lowest BCUT2D eigenvalue weighted by Crippen LogP contribution is -2.34. The van der Waals surface area contributed by atoms with E-state index in [1.807, 2.05) is 12.1 Å². The topological polar surface area (TPSA) is 49.8 Å². The summed E-state index contributed by atoms with van der Waals surface area (Å²) in [6, 6.07) is 6.73. The van der Waals surface area contributed by atoms with Crippen molar-refractivity contribution in [3.8, 4) is 0 Å². The van der Waals surface area contributed by atoms with E-state index >= 15 is 0 Å². The summed E-state index contributed by atoms with van der Waals surface area (Å²) in [5.74, 6) is 1.76. The highest BCUT2D eigenvalue weighted by atomic mass is 15.3. The fraction of sp³-hybridized carbons (Fsp3) is 0.562. The number of nitrogens with two attached hydrogens (primary N) is 1. The molecule has 2 aromatic heterocycles. The van der Waals surface area contributed by atoms with Crippen molar-refractivity contribution in [3.63, 3.8) is 0 Å². The van der Waals surface area contributed by atoms with E-state index in [1.165, 1.54) is 5.69 Å². The van der Waals surface area contributed by atoms with Gasteiger partial charge in [0, 0.05) is 31.7 Å². The largest absolute Gasteiger partial charge is 0.353 e. The van der Waals surface area contributed by atoms with Gasteiger partial charge < -0.3 is 19.9 Å². The SMILES string of the molecule is CC1CN(c2nc3ccccn3c2CCN)CC1N(C)C. The number of pyridine rings is 1. The first kappa shape index (κ1) is 14.4. The molecule has 2 N–H and O–H groups in total. The summed E-state index contributed by atoms with van der Waals surface area (Å²) in [6.45, 7) is 5.07. The monoisotopic (exact) mass is 287 g/mol. The van der Waals surface area contributed by atoms with Crippen molar-refractivity contribution in [2.24, 2.45) is 11.7 Å². The second-order valence-corrected chi connectivity index (χ2v) is 6.26. The number of rotatable bonds is 4. The smallest absolute Gasteiger partial charge is 0.151 e. The maximum absolute atomic E-state index is 5.81. The van der Waals surface area contributed by atoms with Gasteiger partial charge in [-0.1, -0.05) is 13.0 Å². The fourth-order valence-corrected chi connectivity index (χ4v) is 3.45. The molecule has 1 saturated heterocycles. The first-order valence-corrected chi connectivity index (χ1v) is 7.69. The van der Waals surface area contributed by atoms with Crippen molar-refractivity contribution < 1.29 is 0 Å². The molecular formula is C16H25N5. The molecule has 1 fully saturated rings. The Labute approximate surface area is 126 Å². The average Bonchev–Trinajstić information content (AvgIpc) is 3.01. The zero-order chi connectivity index (χ0) is 15.0. The second-order valence-electron chi connectivity index (χ2n) is 6.26. The molecule has 3 heterocycles. The molecule has 114 valence electrons. The van der Waals surface area contributed by atoms with Crippen molar-refractivity contribution in [3.05, 3.63) is 30.1 Å². The molecular weight excluding hydrogens is 262 g/mol. The first-order chi connectivity index (χ1) is 10.1. The minimum Gasteiger partial charge on any atom is -0.353 e. The lowest BCUT2D eigenvalue weighted by atomic mass is 10.1. The van der Waals surface area contributed by atoms with Crippen LogP contribution in [-0.2, 0) is 6.42 Å². The van der Waals surface area contributed by atoms with Crippen LogP contribution in [0.4, 0.5) is 5.82 Å². The standard InChI is InChI=1S/C16H25N5/c1-12-10-20(11-14(12)19(2)3)16-13(7-8-17)21-9-5-4-6-15(21)18-16/h4-6,9,12,14H,7-8,10-11,17H2,1-3H3. The maximum Gasteiger partial charge on any atom is 0.151 e. The second kappa shape index (κ2) is 5.66. The van der Waals surface area contributed by atoms with Crippen LogP contribution in [0, 0.1) is 5.92 Å². The van der Waals surface area contributed by atoms with E-state index in [0.717, 1.165) is 31.0 Å². The van der Waals surface area contributed by atoms with Crippen LogP contribution in [0.1, 0.15) is 12.6 Å². The summed E-state index contributed by atoms with van der Waals surface area (Å²) >= 11 is 0. The molecule has 1 aliphatic rings. The summed E-state index contributed by atoms with van der Waals surface area (Å²) in [4.78, 5) is 9.60. The number of imidazole rings is 1. The van der Waals surface area contributed by atoms with Crippen LogP contribution in [0.15, 0.2) is 24.4 Å². The molecule has 5 nitrogen and oxygen atoms in total. The number of hydrogen-bond acceptors (Lipinski definition) is 4. The molecule has 21 heavy (non-hydrogen) atoms. The van der Waals surface area contributed by atoms with Crippen LogP contribution in [0.5, 0.6) is 0 Å². The third-order valence-corrected chi connectivity index (χ3v) is 4.52. The summed E-state index contributed by atoms with van der Waals surface area (Å²) in [6.07, 6.45) is 2.94. The zero-order valence-electron chi connectivity index (χ0n) is 13.2. The van der Waals surface area contributed by atoms with Gasteiger partial charge in [0.05, 0.1) is 5.69 Å². The van der Waals surface area contributed by atoms with Crippen molar-refractivity contribution in [2.45, 2.75) is 19.4 Å². The summed E-state index contributed by atoms with van der Waals surface area (Å²) in [7, 11) is 4.32. The predicted molar refractivity (Wildman–Crippen MR) is 86.8 cm³/mol. The Hall–Kier alpha value is -1.59. The third-order valence-electron chi connectivity index (χ3n) is 4.52. The van der Waals surface area contributed by atoms with E-state index < -0.39 is 0 Å². The van der Waals surface area contributed by atoms with E-state index in [0.29, 0.717) is 18.5 Å². The van der Waals surface area contributed by atoms with Crippen molar-refractivity contribution >= 4 is 11.5 Å². The summed E-state index contributed by atoms with van der Waals surface area (Å²) < 4.78 is 2.18. The Morgan fingerprint density at radius 1 is 1.33 bits per heavy atom. The van der Waals surface area contributed by atoms with E-state index in [9.17, 15) is 0 Å². The molecule has 1 aliphatic heterocycles. The number of nitrogens with zero attached hydrogens (tertiary/aromatic N) is 4. The molecule has 3 rings (SSSR count). The van der Waals surface area contributed by atoms with Gasteiger partial charge in [0.2, 0.25) is 0 Å². The Bertz CT molecular complexity index is 618. The molecule has 0 saturated carbocycles. The highest BCUT2D eigenvalue weighted by molar-refractivity contribution is 5.57. The zero-order valence-corrected chi connectivity index (χ0v) is 13.2. The molecule has 0 radical (unpaired) electrons. The molecule has 0 spiro atoms. The van der Waals surface area contributed by atoms with Gasteiger partial charge in [-0.25, -0.2) is 4.98 Å². The molecule has 2 unspecified atom stereocenters. The lowest BCUT2D eigenvalue weighted by molar-refractivity contribution is 0.266. The highest BCUT2D eigenvalue weighted by Crippen LogP contribution is 2.29.